The number of hydrogen-bond donors (Lipinski definition) is 1. The van der Waals surface area contributed by atoms with Gasteiger partial charge in [0.2, 0.25) is 0 Å². The molecular formula is C21H26O3. The normalized spacial score (nSPS) is 14.6. The Kier molecular flexibility index (Phi) is 7.01. The Labute approximate surface area is 144 Å². The van der Waals surface area contributed by atoms with E-state index in [4.69, 9.17) is 4.74 Å². The summed E-state index contributed by atoms with van der Waals surface area (Å²) in [5, 5.41) is 10.5. The van der Waals surface area contributed by atoms with E-state index in [0.717, 1.165) is 18.4 Å². The second kappa shape index (κ2) is 9.24. The molecule has 3 heteroatoms. The number of hydrogen-bond acceptors (Lipinski definition) is 3. The lowest BCUT2D eigenvalue weighted by Gasteiger charge is -2.30. The Morgan fingerprint density at radius 3 is 2.12 bits per heavy atom. The molecule has 0 aromatic heterocycles. The van der Waals surface area contributed by atoms with Gasteiger partial charge >= 0.3 is 5.97 Å². The van der Waals surface area contributed by atoms with Crippen molar-refractivity contribution in [1.29, 1.82) is 0 Å². The average Bonchev–Trinajstić information content (AvgIpc) is 2.63. The maximum atomic E-state index is 12.5. The van der Waals surface area contributed by atoms with E-state index in [9.17, 15) is 9.90 Å². The van der Waals surface area contributed by atoms with Crippen molar-refractivity contribution >= 4 is 5.97 Å². The molecule has 3 nitrogen and oxygen atoms in total. The summed E-state index contributed by atoms with van der Waals surface area (Å²) in [7, 11) is 0. The summed E-state index contributed by atoms with van der Waals surface area (Å²) < 4.78 is 5.84. The zero-order valence-corrected chi connectivity index (χ0v) is 14.4. The summed E-state index contributed by atoms with van der Waals surface area (Å²) in [5.74, 6) is -0.480. The molecule has 24 heavy (non-hydrogen) atoms. The van der Waals surface area contributed by atoms with Crippen LogP contribution in [0.1, 0.15) is 55.1 Å². The predicted octanol–water partition coefficient (Wildman–Crippen LogP) is 4.77. The molecule has 0 spiro atoms. The van der Waals surface area contributed by atoms with Crippen molar-refractivity contribution in [2.45, 2.75) is 45.3 Å². The highest BCUT2D eigenvalue weighted by molar-refractivity contribution is 5.89. The third-order valence-corrected chi connectivity index (χ3v) is 4.31. The Bertz CT molecular complexity index is 609. The second-order valence-electron chi connectivity index (χ2n) is 6.03. The van der Waals surface area contributed by atoms with Crippen molar-refractivity contribution in [3.05, 3.63) is 71.8 Å². The molecule has 0 saturated heterocycles. The lowest BCUT2D eigenvalue weighted by Crippen LogP contribution is -2.29. The van der Waals surface area contributed by atoms with Crippen molar-refractivity contribution in [1.82, 2.24) is 0 Å². The van der Waals surface area contributed by atoms with Crippen LogP contribution in [0.2, 0.25) is 0 Å². The molecule has 0 fully saturated rings. The molecular weight excluding hydrogens is 300 g/mol. The SMILES string of the molecule is CCC[C@@H](O)[C@H](CC)[C@H](OC(=O)c1ccccc1)c1ccccc1. The minimum absolute atomic E-state index is 0.125. The van der Waals surface area contributed by atoms with Crippen molar-refractivity contribution in [3.63, 3.8) is 0 Å². The molecule has 128 valence electrons. The third-order valence-electron chi connectivity index (χ3n) is 4.31. The van der Waals surface area contributed by atoms with E-state index >= 15 is 0 Å². The molecule has 0 amide bonds. The van der Waals surface area contributed by atoms with E-state index in [2.05, 4.69) is 0 Å². The van der Waals surface area contributed by atoms with Crippen LogP contribution in [0.15, 0.2) is 60.7 Å². The first-order chi connectivity index (χ1) is 11.7. The third kappa shape index (κ3) is 4.68. The van der Waals surface area contributed by atoms with Gasteiger partial charge in [-0.05, 0) is 30.5 Å². The summed E-state index contributed by atoms with van der Waals surface area (Å²) in [6.45, 7) is 4.07. The predicted molar refractivity (Wildman–Crippen MR) is 95.7 cm³/mol. The first-order valence-corrected chi connectivity index (χ1v) is 8.66. The van der Waals surface area contributed by atoms with Crippen LogP contribution in [-0.4, -0.2) is 17.2 Å². The van der Waals surface area contributed by atoms with Gasteiger partial charge < -0.3 is 9.84 Å². The molecule has 0 bridgehead atoms. The highest BCUT2D eigenvalue weighted by Gasteiger charge is 2.31. The van der Waals surface area contributed by atoms with Gasteiger partial charge in [-0.15, -0.1) is 0 Å². The zero-order valence-electron chi connectivity index (χ0n) is 14.4. The average molecular weight is 326 g/mol. The Morgan fingerprint density at radius 2 is 1.58 bits per heavy atom. The molecule has 0 aliphatic rings. The fraction of sp³-hybridized carbons (Fsp3) is 0.381. The van der Waals surface area contributed by atoms with E-state index < -0.39 is 12.2 Å². The maximum absolute atomic E-state index is 12.5. The van der Waals surface area contributed by atoms with Crippen LogP contribution >= 0.6 is 0 Å². The quantitative estimate of drug-likeness (QED) is 0.711. The van der Waals surface area contributed by atoms with Crippen LogP contribution in [-0.2, 0) is 4.74 Å². The zero-order chi connectivity index (χ0) is 17.4. The van der Waals surface area contributed by atoms with E-state index in [1.807, 2.05) is 62.4 Å². The highest BCUT2D eigenvalue weighted by Crippen LogP contribution is 2.33. The van der Waals surface area contributed by atoms with Crippen LogP contribution < -0.4 is 0 Å². The molecule has 1 N–H and O–H groups in total. The lowest BCUT2D eigenvalue weighted by atomic mass is 9.86. The molecule has 0 saturated carbocycles. The first-order valence-electron chi connectivity index (χ1n) is 8.66. The first kappa shape index (κ1) is 18.2. The summed E-state index contributed by atoms with van der Waals surface area (Å²) in [6.07, 6.45) is 1.39. The van der Waals surface area contributed by atoms with Crippen molar-refractivity contribution in [3.8, 4) is 0 Å². The summed E-state index contributed by atoms with van der Waals surface area (Å²) >= 11 is 0. The molecule has 0 radical (unpaired) electrons. The number of aliphatic hydroxyl groups is 1. The van der Waals surface area contributed by atoms with Gasteiger partial charge in [0.15, 0.2) is 0 Å². The van der Waals surface area contributed by atoms with Crippen molar-refractivity contribution < 1.29 is 14.6 Å². The van der Waals surface area contributed by atoms with Gasteiger partial charge in [0, 0.05) is 5.92 Å². The highest BCUT2D eigenvalue weighted by atomic mass is 16.5. The van der Waals surface area contributed by atoms with Gasteiger partial charge in [0.05, 0.1) is 11.7 Å². The van der Waals surface area contributed by atoms with E-state index in [-0.39, 0.29) is 11.9 Å². The molecule has 0 aliphatic carbocycles. The molecule has 0 heterocycles. The Balaban J connectivity index is 2.27. The number of carbonyl (C=O) groups is 1. The molecule has 0 unspecified atom stereocenters. The molecule has 2 aromatic carbocycles. The largest absolute Gasteiger partial charge is 0.453 e. The Morgan fingerprint density at radius 1 is 1.00 bits per heavy atom. The number of rotatable bonds is 8. The minimum atomic E-state index is -0.492. The van der Waals surface area contributed by atoms with E-state index in [1.54, 1.807) is 12.1 Å². The van der Waals surface area contributed by atoms with Gasteiger partial charge in [-0.3, -0.25) is 0 Å². The van der Waals surface area contributed by atoms with Crippen LogP contribution in [0, 0.1) is 5.92 Å². The fourth-order valence-electron chi connectivity index (χ4n) is 3.00. The standard InChI is InChI=1S/C21H26O3/c1-3-11-19(22)18(4-2)20(16-12-7-5-8-13-16)24-21(23)17-14-9-6-10-15-17/h5-10,12-15,18-20,22H,3-4,11H2,1-2H3/t18-,19+,20+/m0/s1. The van der Waals surface area contributed by atoms with Crippen molar-refractivity contribution in [2.24, 2.45) is 5.92 Å². The van der Waals surface area contributed by atoms with Gasteiger partial charge in [0.25, 0.3) is 0 Å². The van der Waals surface area contributed by atoms with Crippen LogP contribution in [0.3, 0.4) is 0 Å². The van der Waals surface area contributed by atoms with Gasteiger partial charge in [0.1, 0.15) is 6.10 Å². The van der Waals surface area contributed by atoms with Crippen LogP contribution in [0.4, 0.5) is 0 Å². The van der Waals surface area contributed by atoms with Crippen LogP contribution in [0.25, 0.3) is 0 Å². The lowest BCUT2D eigenvalue weighted by molar-refractivity contribution is -0.0238. The topological polar surface area (TPSA) is 46.5 Å². The van der Waals surface area contributed by atoms with Crippen molar-refractivity contribution in [2.75, 3.05) is 0 Å². The summed E-state index contributed by atoms with van der Waals surface area (Å²) in [6, 6.07) is 18.7. The van der Waals surface area contributed by atoms with Gasteiger partial charge in [-0.2, -0.15) is 0 Å². The fourth-order valence-corrected chi connectivity index (χ4v) is 3.00. The molecule has 3 atom stereocenters. The number of carbonyl (C=O) groups excluding carboxylic acids is 1. The molecule has 0 aliphatic heterocycles. The van der Waals surface area contributed by atoms with E-state index in [0.29, 0.717) is 12.0 Å². The van der Waals surface area contributed by atoms with E-state index in [1.165, 1.54) is 0 Å². The number of aliphatic hydroxyl groups excluding tert-OH is 1. The number of ether oxygens (including phenoxy) is 1. The minimum Gasteiger partial charge on any atom is -0.453 e. The summed E-state index contributed by atoms with van der Waals surface area (Å²) in [4.78, 5) is 12.5. The van der Waals surface area contributed by atoms with Gasteiger partial charge in [-0.1, -0.05) is 68.8 Å². The monoisotopic (exact) mass is 326 g/mol. The second-order valence-corrected chi connectivity index (χ2v) is 6.03. The molecule has 2 rings (SSSR count). The summed E-state index contributed by atoms with van der Waals surface area (Å²) in [5.41, 5.74) is 1.45. The van der Waals surface area contributed by atoms with Crippen LogP contribution in [0.5, 0.6) is 0 Å². The maximum Gasteiger partial charge on any atom is 0.338 e. The molecule has 2 aromatic rings. The Hall–Kier alpha value is -2.13. The smallest absolute Gasteiger partial charge is 0.338 e. The number of esters is 1. The number of benzene rings is 2. The van der Waals surface area contributed by atoms with Gasteiger partial charge in [-0.25, -0.2) is 4.79 Å².